The first-order chi connectivity index (χ1) is 7.22. The Morgan fingerprint density at radius 3 is 2.60 bits per heavy atom. The largest absolute Gasteiger partial charge is 0.375 e. The average molecular weight is 213 g/mol. The topological polar surface area (TPSA) is 38.3 Å². The number of carbonyl (C=O) groups excluding carboxylic acids is 1. The monoisotopic (exact) mass is 213 g/mol. The predicted octanol–water partition coefficient (Wildman–Crippen LogP) is 1.97. The third-order valence-corrected chi connectivity index (χ3v) is 3.29. The van der Waals surface area contributed by atoms with Crippen molar-refractivity contribution in [2.75, 3.05) is 20.3 Å². The number of hydrogen-bond acceptors (Lipinski definition) is 2. The normalized spacial score (nSPS) is 26.3. The van der Waals surface area contributed by atoms with E-state index in [1.807, 2.05) is 0 Å². The molecule has 0 aromatic carbocycles. The summed E-state index contributed by atoms with van der Waals surface area (Å²) < 4.78 is 4.75. The second-order valence-corrected chi connectivity index (χ2v) is 4.70. The highest BCUT2D eigenvalue weighted by Gasteiger charge is 2.17. The van der Waals surface area contributed by atoms with Gasteiger partial charge in [0.15, 0.2) is 0 Å². The highest BCUT2D eigenvalue weighted by atomic mass is 16.5. The van der Waals surface area contributed by atoms with Crippen LogP contribution in [0.2, 0.25) is 0 Å². The maximum absolute atomic E-state index is 11.1. The van der Waals surface area contributed by atoms with Crippen LogP contribution in [0, 0.1) is 11.8 Å². The van der Waals surface area contributed by atoms with E-state index in [0.717, 1.165) is 24.8 Å². The van der Waals surface area contributed by atoms with Crippen LogP contribution in [0.1, 0.15) is 39.0 Å². The fourth-order valence-corrected chi connectivity index (χ4v) is 2.22. The Balaban J connectivity index is 2.02. The van der Waals surface area contributed by atoms with Crippen LogP contribution in [-0.2, 0) is 9.53 Å². The van der Waals surface area contributed by atoms with Crippen LogP contribution < -0.4 is 5.32 Å². The molecule has 1 fully saturated rings. The lowest BCUT2D eigenvalue weighted by Crippen LogP contribution is -2.29. The molecular formula is C12H23NO2. The van der Waals surface area contributed by atoms with E-state index in [-0.39, 0.29) is 12.5 Å². The standard InChI is InChI=1S/C12H23NO2/c1-10-3-5-11(6-4-10)7-8-13-12(14)9-15-2/h10-11H,3-9H2,1-2H3,(H,13,14). The molecule has 1 aliphatic carbocycles. The Hall–Kier alpha value is -0.570. The van der Waals surface area contributed by atoms with Crippen molar-refractivity contribution < 1.29 is 9.53 Å². The molecule has 3 heteroatoms. The van der Waals surface area contributed by atoms with Crippen molar-refractivity contribution in [1.29, 1.82) is 0 Å². The van der Waals surface area contributed by atoms with Gasteiger partial charge < -0.3 is 10.1 Å². The van der Waals surface area contributed by atoms with Gasteiger partial charge in [-0.15, -0.1) is 0 Å². The first-order valence-electron chi connectivity index (χ1n) is 5.98. The van der Waals surface area contributed by atoms with Gasteiger partial charge in [-0.2, -0.15) is 0 Å². The molecule has 0 spiro atoms. The van der Waals surface area contributed by atoms with Gasteiger partial charge in [-0.3, -0.25) is 4.79 Å². The van der Waals surface area contributed by atoms with Gasteiger partial charge in [0.2, 0.25) is 5.91 Å². The van der Waals surface area contributed by atoms with Gasteiger partial charge in [-0.1, -0.05) is 32.6 Å². The molecule has 1 N–H and O–H groups in total. The lowest BCUT2D eigenvalue weighted by Gasteiger charge is -2.26. The third-order valence-electron chi connectivity index (χ3n) is 3.29. The van der Waals surface area contributed by atoms with Crippen LogP contribution in [0.3, 0.4) is 0 Å². The van der Waals surface area contributed by atoms with Crippen LogP contribution in [0.4, 0.5) is 0 Å². The van der Waals surface area contributed by atoms with Crippen molar-refractivity contribution in [1.82, 2.24) is 5.32 Å². The summed E-state index contributed by atoms with van der Waals surface area (Å²) in [6.45, 7) is 3.32. The number of rotatable bonds is 5. The zero-order chi connectivity index (χ0) is 11.1. The van der Waals surface area contributed by atoms with Crippen molar-refractivity contribution in [3.63, 3.8) is 0 Å². The summed E-state index contributed by atoms with van der Waals surface area (Å²) >= 11 is 0. The van der Waals surface area contributed by atoms with Crippen LogP contribution in [0.15, 0.2) is 0 Å². The van der Waals surface area contributed by atoms with E-state index in [1.54, 1.807) is 7.11 Å². The Morgan fingerprint density at radius 1 is 1.33 bits per heavy atom. The molecule has 0 bridgehead atoms. The number of carbonyl (C=O) groups is 1. The second-order valence-electron chi connectivity index (χ2n) is 4.70. The molecule has 88 valence electrons. The summed E-state index contributed by atoms with van der Waals surface area (Å²) in [5, 5.41) is 2.88. The minimum Gasteiger partial charge on any atom is -0.375 e. The molecule has 0 unspecified atom stereocenters. The summed E-state index contributed by atoms with van der Waals surface area (Å²) in [6, 6.07) is 0. The lowest BCUT2D eigenvalue weighted by atomic mass is 9.81. The van der Waals surface area contributed by atoms with Crippen molar-refractivity contribution in [3.8, 4) is 0 Å². The van der Waals surface area contributed by atoms with Crippen LogP contribution in [-0.4, -0.2) is 26.2 Å². The Kier molecular flexibility index (Phi) is 5.69. The van der Waals surface area contributed by atoms with Gasteiger partial charge in [-0.25, -0.2) is 0 Å². The smallest absolute Gasteiger partial charge is 0.245 e. The first-order valence-corrected chi connectivity index (χ1v) is 5.98. The van der Waals surface area contributed by atoms with Gasteiger partial charge in [0.25, 0.3) is 0 Å². The van der Waals surface area contributed by atoms with Gasteiger partial charge in [-0.05, 0) is 18.3 Å². The summed E-state index contributed by atoms with van der Waals surface area (Å²) in [5.41, 5.74) is 0. The summed E-state index contributed by atoms with van der Waals surface area (Å²) in [6.07, 6.45) is 6.51. The molecule has 1 rings (SSSR count). The zero-order valence-electron chi connectivity index (χ0n) is 9.92. The molecule has 0 aromatic heterocycles. The molecule has 1 amide bonds. The second kappa shape index (κ2) is 6.83. The number of hydrogen-bond donors (Lipinski definition) is 1. The maximum atomic E-state index is 11.1. The van der Waals surface area contributed by atoms with Crippen LogP contribution >= 0.6 is 0 Å². The van der Waals surface area contributed by atoms with E-state index in [2.05, 4.69) is 12.2 Å². The molecule has 0 atom stereocenters. The number of methoxy groups -OCH3 is 1. The number of nitrogens with one attached hydrogen (secondary N) is 1. The molecule has 15 heavy (non-hydrogen) atoms. The molecule has 0 saturated heterocycles. The van der Waals surface area contributed by atoms with Crippen molar-refractivity contribution in [3.05, 3.63) is 0 Å². The van der Waals surface area contributed by atoms with Gasteiger partial charge >= 0.3 is 0 Å². The summed E-state index contributed by atoms with van der Waals surface area (Å²) in [4.78, 5) is 11.1. The minimum absolute atomic E-state index is 0.00155. The molecule has 0 radical (unpaired) electrons. The van der Waals surface area contributed by atoms with E-state index >= 15 is 0 Å². The lowest BCUT2D eigenvalue weighted by molar-refractivity contribution is -0.124. The summed E-state index contributed by atoms with van der Waals surface area (Å²) in [7, 11) is 1.54. The Morgan fingerprint density at radius 2 is 2.00 bits per heavy atom. The molecule has 0 aliphatic heterocycles. The third kappa shape index (κ3) is 5.17. The van der Waals surface area contributed by atoms with Crippen LogP contribution in [0.5, 0.6) is 0 Å². The Bertz CT molecular complexity index is 186. The number of ether oxygens (including phenoxy) is 1. The summed E-state index contributed by atoms with van der Waals surface area (Å²) in [5.74, 6) is 1.73. The minimum atomic E-state index is 0.00155. The molecule has 3 nitrogen and oxygen atoms in total. The van der Waals surface area contributed by atoms with E-state index in [9.17, 15) is 4.79 Å². The van der Waals surface area contributed by atoms with E-state index in [1.165, 1.54) is 25.7 Å². The highest BCUT2D eigenvalue weighted by molar-refractivity contribution is 5.77. The van der Waals surface area contributed by atoms with E-state index in [0.29, 0.717) is 0 Å². The molecule has 1 aliphatic rings. The van der Waals surface area contributed by atoms with Gasteiger partial charge in [0.05, 0.1) is 0 Å². The first kappa shape index (κ1) is 12.5. The SMILES string of the molecule is COCC(=O)NCCC1CCC(C)CC1. The van der Waals surface area contributed by atoms with Crippen molar-refractivity contribution in [2.24, 2.45) is 11.8 Å². The predicted molar refractivity (Wildman–Crippen MR) is 60.6 cm³/mol. The van der Waals surface area contributed by atoms with Crippen molar-refractivity contribution in [2.45, 2.75) is 39.0 Å². The fourth-order valence-electron chi connectivity index (χ4n) is 2.22. The van der Waals surface area contributed by atoms with Gasteiger partial charge in [0, 0.05) is 13.7 Å². The average Bonchev–Trinajstić information content (AvgIpc) is 2.21. The van der Waals surface area contributed by atoms with E-state index < -0.39 is 0 Å². The quantitative estimate of drug-likeness (QED) is 0.758. The molecule has 0 aromatic rings. The highest BCUT2D eigenvalue weighted by Crippen LogP contribution is 2.29. The molecule has 0 heterocycles. The molecule has 1 saturated carbocycles. The van der Waals surface area contributed by atoms with Crippen molar-refractivity contribution >= 4 is 5.91 Å². The van der Waals surface area contributed by atoms with Gasteiger partial charge in [0.1, 0.15) is 6.61 Å². The fraction of sp³-hybridized carbons (Fsp3) is 0.917. The van der Waals surface area contributed by atoms with E-state index in [4.69, 9.17) is 4.74 Å². The zero-order valence-corrected chi connectivity index (χ0v) is 9.92. The van der Waals surface area contributed by atoms with Crippen LogP contribution in [0.25, 0.3) is 0 Å². The maximum Gasteiger partial charge on any atom is 0.245 e. The number of amides is 1. The Labute approximate surface area is 92.6 Å². The molecular weight excluding hydrogens is 190 g/mol.